The van der Waals surface area contributed by atoms with Crippen molar-refractivity contribution in [2.75, 3.05) is 36.8 Å². The SMILES string of the molecule is Cc1ccc(CSCC(=O)N2CCN(c3ccc(Cl)cc3[N+](=O)[O-])CC2)cc1. The number of amides is 1. The van der Waals surface area contributed by atoms with Gasteiger partial charge in [-0.05, 0) is 24.6 Å². The number of anilines is 1. The number of halogens is 1. The number of thioether (sulfide) groups is 1. The lowest BCUT2D eigenvalue weighted by molar-refractivity contribution is -0.384. The van der Waals surface area contributed by atoms with Gasteiger partial charge in [0.05, 0.1) is 10.7 Å². The fraction of sp³-hybridized carbons (Fsp3) is 0.350. The van der Waals surface area contributed by atoms with Gasteiger partial charge in [0.1, 0.15) is 5.69 Å². The highest BCUT2D eigenvalue weighted by Crippen LogP contribution is 2.31. The third-order valence-corrected chi connectivity index (χ3v) is 5.95. The van der Waals surface area contributed by atoms with Crippen molar-refractivity contribution in [3.05, 3.63) is 68.7 Å². The second-order valence-electron chi connectivity index (χ2n) is 6.74. The zero-order valence-corrected chi connectivity index (χ0v) is 17.2. The number of rotatable bonds is 6. The molecule has 6 nitrogen and oxygen atoms in total. The van der Waals surface area contributed by atoms with E-state index in [1.165, 1.54) is 17.2 Å². The van der Waals surface area contributed by atoms with Crippen molar-refractivity contribution in [2.24, 2.45) is 0 Å². The highest BCUT2D eigenvalue weighted by Gasteiger charge is 2.25. The Balaban J connectivity index is 1.50. The summed E-state index contributed by atoms with van der Waals surface area (Å²) in [6.45, 7) is 4.31. The van der Waals surface area contributed by atoms with E-state index in [1.807, 2.05) is 9.80 Å². The summed E-state index contributed by atoms with van der Waals surface area (Å²) >= 11 is 7.50. The van der Waals surface area contributed by atoms with E-state index in [2.05, 4.69) is 31.2 Å². The molecule has 1 fully saturated rings. The second-order valence-corrected chi connectivity index (χ2v) is 8.16. The maximum absolute atomic E-state index is 12.5. The molecule has 0 bridgehead atoms. The molecule has 0 radical (unpaired) electrons. The molecule has 1 aliphatic heterocycles. The van der Waals surface area contributed by atoms with Crippen LogP contribution in [0.4, 0.5) is 11.4 Å². The molecule has 148 valence electrons. The summed E-state index contributed by atoms with van der Waals surface area (Å²) in [5, 5.41) is 11.6. The Labute approximate surface area is 173 Å². The number of piperazine rings is 1. The van der Waals surface area contributed by atoms with Crippen molar-refractivity contribution in [3.8, 4) is 0 Å². The molecule has 1 saturated heterocycles. The lowest BCUT2D eigenvalue weighted by Crippen LogP contribution is -2.49. The number of carbonyl (C=O) groups excluding carboxylic acids is 1. The quantitative estimate of drug-likeness (QED) is 0.520. The molecule has 28 heavy (non-hydrogen) atoms. The van der Waals surface area contributed by atoms with Gasteiger partial charge in [-0.15, -0.1) is 11.8 Å². The van der Waals surface area contributed by atoms with Crippen molar-refractivity contribution >= 4 is 40.6 Å². The Morgan fingerprint density at radius 3 is 2.46 bits per heavy atom. The van der Waals surface area contributed by atoms with E-state index in [-0.39, 0.29) is 11.6 Å². The largest absolute Gasteiger partial charge is 0.362 e. The summed E-state index contributed by atoms with van der Waals surface area (Å²) in [5.74, 6) is 1.36. The smallest absolute Gasteiger partial charge is 0.294 e. The van der Waals surface area contributed by atoms with Gasteiger partial charge in [-0.1, -0.05) is 41.4 Å². The van der Waals surface area contributed by atoms with Crippen LogP contribution in [0.1, 0.15) is 11.1 Å². The minimum atomic E-state index is -0.416. The van der Waals surface area contributed by atoms with Gasteiger partial charge in [0.2, 0.25) is 5.91 Å². The summed E-state index contributed by atoms with van der Waals surface area (Å²) in [5.41, 5.74) is 2.99. The number of hydrogen-bond donors (Lipinski definition) is 0. The normalized spacial score (nSPS) is 14.2. The number of benzene rings is 2. The molecule has 1 aliphatic rings. The first kappa shape index (κ1) is 20.5. The van der Waals surface area contributed by atoms with Crippen molar-refractivity contribution in [1.29, 1.82) is 0 Å². The van der Waals surface area contributed by atoms with Crippen LogP contribution in [-0.4, -0.2) is 47.7 Å². The third kappa shape index (κ3) is 5.17. The second kappa shape index (κ2) is 9.30. The highest BCUT2D eigenvalue weighted by molar-refractivity contribution is 7.99. The molecule has 0 saturated carbocycles. The summed E-state index contributed by atoms with van der Waals surface area (Å²) in [4.78, 5) is 27.1. The number of nitro groups is 1. The topological polar surface area (TPSA) is 66.7 Å². The molecule has 0 atom stereocenters. The number of aryl methyl sites for hydroxylation is 1. The molecule has 0 aliphatic carbocycles. The van der Waals surface area contributed by atoms with Gasteiger partial charge in [0.15, 0.2) is 0 Å². The van der Waals surface area contributed by atoms with Gasteiger partial charge < -0.3 is 9.80 Å². The van der Waals surface area contributed by atoms with Crippen LogP contribution in [0.15, 0.2) is 42.5 Å². The fourth-order valence-corrected chi connectivity index (χ4v) is 4.19. The minimum absolute atomic E-state index is 0.000861. The van der Waals surface area contributed by atoms with E-state index < -0.39 is 4.92 Å². The Morgan fingerprint density at radius 1 is 1.14 bits per heavy atom. The monoisotopic (exact) mass is 419 g/mol. The Kier molecular flexibility index (Phi) is 6.80. The molecule has 3 rings (SSSR count). The van der Waals surface area contributed by atoms with Crippen molar-refractivity contribution in [2.45, 2.75) is 12.7 Å². The Bertz CT molecular complexity index is 852. The molecule has 1 heterocycles. The Morgan fingerprint density at radius 2 is 1.82 bits per heavy atom. The van der Waals surface area contributed by atoms with Crippen LogP contribution >= 0.6 is 23.4 Å². The Hall–Kier alpha value is -2.25. The first-order valence-electron chi connectivity index (χ1n) is 9.04. The summed E-state index contributed by atoms with van der Waals surface area (Å²) in [6.07, 6.45) is 0. The number of carbonyl (C=O) groups is 1. The fourth-order valence-electron chi connectivity index (χ4n) is 3.14. The van der Waals surface area contributed by atoms with Crippen LogP contribution in [0.5, 0.6) is 0 Å². The van der Waals surface area contributed by atoms with Gasteiger partial charge in [0, 0.05) is 43.0 Å². The molecular formula is C20H22ClN3O3S. The molecule has 0 spiro atoms. The van der Waals surface area contributed by atoms with E-state index in [9.17, 15) is 14.9 Å². The number of hydrogen-bond acceptors (Lipinski definition) is 5. The van der Waals surface area contributed by atoms with Crippen LogP contribution < -0.4 is 4.90 Å². The predicted molar refractivity (Wildman–Crippen MR) is 114 cm³/mol. The van der Waals surface area contributed by atoms with Gasteiger partial charge in [-0.25, -0.2) is 0 Å². The van der Waals surface area contributed by atoms with Crippen LogP contribution in [-0.2, 0) is 10.5 Å². The standard InChI is InChI=1S/C20H22ClN3O3S/c1-15-2-4-16(5-3-15)13-28-14-20(25)23-10-8-22(9-11-23)18-7-6-17(21)12-19(18)24(26)27/h2-7,12H,8-11,13-14H2,1H3. The van der Waals surface area contributed by atoms with Gasteiger partial charge in [0.25, 0.3) is 5.69 Å². The molecule has 1 amide bonds. The zero-order valence-electron chi connectivity index (χ0n) is 15.6. The maximum Gasteiger partial charge on any atom is 0.294 e. The molecular weight excluding hydrogens is 398 g/mol. The van der Waals surface area contributed by atoms with E-state index in [0.29, 0.717) is 42.6 Å². The summed E-state index contributed by atoms with van der Waals surface area (Å²) in [6, 6.07) is 13.0. The lowest BCUT2D eigenvalue weighted by Gasteiger charge is -2.35. The number of nitro benzene ring substituents is 1. The molecule has 2 aromatic rings. The van der Waals surface area contributed by atoms with Gasteiger partial charge >= 0.3 is 0 Å². The van der Waals surface area contributed by atoms with Gasteiger partial charge in [-0.2, -0.15) is 0 Å². The van der Waals surface area contributed by atoms with E-state index >= 15 is 0 Å². The van der Waals surface area contributed by atoms with E-state index in [0.717, 1.165) is 5.75 Å². The molecule has 2 aromatic carbocycles. The van der Waals surface area contributed by atoms with Crippen LogP contribution in [0, 0.1) is 17.0 Å². The van der Waals surface area contributed by atoms with E-state index in [4.69, 9.17) is 11.6 Å². The maximum atomic E-state index is 12.5. The molecule has 0 N–H and O–H groups in total. The lowest BCUT2D eigenvalue weighted by atomic mass is 10.2. The highest BCUT2D eigenvalue weighted by atomic mass is 35.5. The minimum Gasteiger partial charge on any atom is -0.362 e. The molecule has 0 unspecified atom stereocenters. The predicted octanol–water partition coefficient (Wildman–Crippen LogP) is 4.14. The molecule has 0 aromatic heterocycles. The average molecular weight is 420 g/mol. The van der Waals surface area contributed by atoms with Crippen LogP contribution in [0.25, 0.3) is 0 Å². The molecule has 8 heteroatoms. The average Bonchev–Trinajstić information content (AvgIpc) is 2.69. The van der Waals surface area contributed by atoms with Crippen molar-refractivity contribution in [3.63, 3.8) is 0 Å². The zero-order chi connectivity index (χ0) is 20.1. The van der Waals surface area contributed by atoms with E-state index in [1.54, 1.807) is 23.9 Å². The van der Waals surface area contributed by atoms with Crippen molar-refractivity contribution < 1.29 is 9.72 Å². The van der Waals surface area contributed by atoms with Crippen LogP contribution in [0.2, 0.25) is 5.02 Å². The van der Waals surface area contributed by atoms with Crippen LogP contribution in [0.3, 0.4) is 0 Å². The number of nitrogens with zero attached hydrogens (tertiary/aromatic N) is 3. The third-order valence-electron chi connectivity index (χ3n) is 4.72. The summed E-state index contributed by atoms with van der Waals surface area (Å²) in [7, 11) is 0. The van der Waals surface area contributed by atoms with Gasteiger partial charge in [-0.3, -0.25) is 14.9 Å². The van der Waals surface area contributed by atoms with Crippen molar-refractivity contribution in [1.82, 2.24) is 4.90 Å². The first-order valence-corrected chi connectivity index (χ1v) is 10.6. The first-order chi connectivity index (χ1) is 13.4. The summed E-state index contributed by atoms with van der Waals surface area (Å²) < 4.78 is 0.